The first kappa shape index (κ1) is 15.0. The van der Waals surface area contributed by atoms with Crippen molar-refractivity contribution in [2.75, 3.05) is 11.1 Å². The topological polar surface area (TPSA) is 78.7 Å². The number of nitriles is 1. The maximum Gasteiger partial charge on any atom is 0.234 e. The highest BCUT2D eigenvalue weighted by Crippen LogP contribution is 2.23. The van der Waals surface area contributed by atoms with Crippen LogP contribution >= 0.6 is 11.8 Å². The summed E-state index contributed by atoms with van der Waals surface area (Å²) in [5, 5.41) is 12.5. The molecule has 2 heterocycles. The number of aromatic nitrogens is 2. The average molecular weight is 298 g/mol. The zero-order valence-electron chi connectivity index (χ0n) is 11.8. The number of nitrogens with zero attached hydrogens (tertiary/aromatic N) is 3. The Morgan fingerprint density at radius 3 is 2.95 bits per heavy atom. The highest BCUT2D eigenvalue weighted by atomic mass is 32.2. The number of aryl methyl sites for hydroxylation is 2. The van der Waals surface area contributed by atoms with Gasteiger partial charge in [0.05, 0.1) is 23.2 Å². The van der Waals surface area contributed by atoms with E-state index in [4.69, 9.17) is 0 Å². The fraction of sp³-hybridized carbons (Fsp3) is 0.200. The minimum Gasteiger partial charge on any atom is -0.324 e. The van der Waals surface area contributed by atoms with Crippen molar-refractivity contribution in [1.29, 1.82) is 5.26 Å². The lowest BCUT2D eigenvalue weighted by atomic mass is 10.1. The summed E-state index contributed by atoms with van der Waals surface area (Å²) in [6, 6.07) is 7.52. The molecule has 0 fully saturated rings. The molecule has 0 spiro atoms. The minimum absolute atomic E-state index is 0.155. The second-order valence-corrected chi connectivity index (χ2v) is 5.42. The van der Waals surface area contributed by atoms with Crippen LogP contribution in [0, 0.1) is 25.2 Å². The number of pyridine rings is 2. The van der Waals surface area contributed by atoms with Gasteiger partial charge >= 0.3 is 0 Å². The van der Waals surface area contributed by atoms with Crippen LogP contribution in [0.2, 0.25) is 0 Å². The largest absolute Gasteiger partial charge is 0.324 e. The van der Waals surface area contributed by atoms with E-state index < -0.39 is 0 Å². The van der Waals surface area contributed by atoms with Crippen molar-refractivity contribution in [2.45, 2.75) is 18.9 Å². The zero-order valence-corrected chi connectivity index (χ0v) is 12.6. The number of carbonyl (C=O) groups is 1. The number of amides is 1. The molecule has 21 heavy (non-hydrogen) atoms. The molecule has 1 amide bonds. The lowest BCUT2D eigenvalue weighted by molar-refractivity contribution is -0.113. The minimum atomic E-state index is -0.155. The molecule has 106 valence electrons. The van der Waals surface area contributed by atoms with Crippen LogP contribution in [0.5, 0.6) is 0 Å². The Morgan fingerprint density at radius 2 is 2.29 bits per heavy atom. The average Bonchev–Trinajstić information content (AvgIpc) is 2.45. The third kappa shape index (κ3) is 4.04. The molecule has 0 radical (unpaired) electrons. The van der Waals surface area contributed by atoms with E-state index in [0.717, 1.165) is 11.3 Å². The smallest absolute Gasteiger partial charge is 0.234 e. The van der Waals surface area contributed by atoms with Crippen molar-refractivity contribution in [3.05, 3.63) is 47.4 Å². The Morgan fingerprint density at radius 1 is 1.48 bits per heavy atom. The van der Waals surface area contributed by atoms with Gasteiger partial charge in [0.15, 0.2) is 0 Å². The van der Waals surface area contributed by atoms with Gasteiger partial charge in [0, 0.05) is 11.9 Å². The maximum atomic E-state index is 11.9. The number of hydrogen-bond acceptors (Lipinski definition) is 5. The Kier molecular flexibility index (Phi) is 4.90. The molecule has 5 nitrogen and oxygen atoms in total. The van der Waals surface area contributed by atoms with Gasteiger partial charge in [-0.3, -0.25) is 9.78 Å². The van der Waals surface area contributed by atoms with E-state index >= 15 is 0 Å². The van der Waals surface area contributed by atoms with Crippen LogP contribution in [-0.4, -0.2) is 21.6 Å². The van der Waals surface area contributed by atoms with Gasteiger partial charge in [-0.05, 0) is 37.6 Å². The van der Waals surface area contributed by atoms with Crippen LogP contribution in [0.1, 0.15) is 16.8 Å². The van der Waals surface area contributed by atoms with Crippen LogP contribution in [0.15, 0.2) is 35.6 Å². The van der Waals surface area contributed by atoms with E-state index in [9.17, 15) is 10.1 Å². The van der Waals surface area contributed by atoms with Gasteiger partial charge in [0.25, 0.3) is 0 Å². The molecule has 2 aromatic heterocycles. The molecule has 0 saturated carbocycles. The molecule has 0 bridgehead atoms. The number of rotatable bonds is 4. The third-order valence-corrected chi connectivity index (χ3v) is 3.68. The summed E-state index contributed by atoms with van der Waals surface area (Å²) in [5.74, 6) is 0.0391. The third-order valence-electron chi connectivity index (χ3n) is 2.71. The maximum absolute atomic E-state index is 11.9. The summed E-state index contributed by atoms with van der Waals surface area (Å²) < 4.78 is 0. The molecule has 0 aliphatic carbocycles. The molecule has 0 aromatic carbocycles. The molecule has 0 unspecified atom stereocenters. The summed E-state index contributed by atoms with van der Waals surface area (Å²) in [5.41, 5.74) is 2.89. The lowest BCUT2D eigenvalue weighted by Gasteiger charge is -2.07. The van der Waals surface area contributed by atoms with Crippen LogP contribution in [0.4, 0.5) is 5.69 Å². The van der Waals surface area contributed by atoms with Gasteiger partial charge in [-0.1, -0.05) is 11.8 Å². The van der Waals surface area contributed by atoms with Crippen molar-refractivity contribution in [1.82, 2.24) is 9.97 Å². The van der Waals surface area contributed by atoms with Crippen LogP contribution < -0.4 is 5.32 Å². The van der Waals surface area contributed by atoms with E-state index in [0.29, 0.717) is 16.3 Å². The summed E-state index contributed by atoms with van der Waals surface area (Å²) >= 11 is 1.26. The Bertz CT molecular complexity index is 695. The van der Waals surface area contributed by atoms with Crippen LogP contribution in [0.25, 0.3) is 0 Å². The van der Waals surface area contributed by atoms with Crippen molar-refractivity contribution < 1.29 is 4.79 Å². The summed E-state index contributed by atoms with van der Waals surface area (Å²) in [4.78, 5) is 20.1. The van der Waals surface area contributed by atoms with E-state index in [1.54, 1.807) is 24.5 Å². The Hall–Kier alpha value is -2.39. The van der Waals surface area contributed by atoms with Gasteiger partial charge in [-0.2, -0.15) is 5.26 Å². The zero-order chi connectivity index (χ0) is 15.2. The molecule has 0 aliphatic heterocycles. The molecule has 1 N–H and O–H groups in total. The van der Waals surface area contributed by atoms with Crippen molar-refractivity contribution >= 4 is 23.4 Å². The molecule has 0 aliphatic rings. The fourth-order valence-corrected chi connectivity index (χ4v) is 2.71. The summed E-state index contributed by atoms with van der Waals surface area (Å²) in [7, 11) is 0. The lowest BCUT2D eigenvalue weighted by Crippen LogP contribution is -2.14. The predicted molar refractivity (Wildman–Crippen MR) is 82.0 cm³/mol. The highest BCUT2D eigenvalue weighted by Gasteiger charge is 2.11. The number of thioether (sulfide) groups is 1. The number of hydrogen-bond donors (Lipinski definition) is 1. The number of nitrogens with one attached hydrogen (secondary N) is 1. The number of carbonyl (C=O) groups excluding carboxylic acids is 1. The van der Waals surface area contributed by atoms with Gasteiger partial charge in [-0.15, -0.1) is 0 Å². The fourth-order valence-electron chi connectivity index (χ4n) is 1.81. The molecular formula is C15H14N4OS. The molecular weight excluding hydrogens is 284 g/mol. The van der Waals surface area contributed by atoms with Crippen LogP contribution in [0.3, 0.4) is 0 Å². The first-order valence-corrected chi connectivity index (χ1v) is 7.29. The summed E-state index contributed by atoms with van der Waals surface area (Å²) in [6.45, 7) is 3.74. The molecule has 2 rings (SSSR count). The first-order valence-electron chi connectivity index (χ1n) is 6.31. The van der Waals surface area contributed by atoms with Gasteiger partial charge in [-0.25, -0.2) is 4.98 Å². The van der Waals surface area contributed by atoms with Crippen molar-refractivity contribution in [2.24, 2.45) is 0 Å². The van der Waals surface area contributed by atoms with E-state index in [-0.39, 0.29) is 11.7 Å². The van der Waals surface area contributed by atoms with E-state index in [2.05, 4.69) is 21.4 Å². The van der Waals surface area contributed by atoms with Crippen molar-refractivity contribution in [3.8, 4) is 6.07 Å². The Labute approximate surface area is 127 Å². The second-order valence-electron chi connectivity index (χ2n) is 4.45. The predicted octanol–water partition coefficient (Wildman–Crippen LogP) is 2.70. The summed E-state index contributed by atoms with van der Waals surface area (Å²) in [6.07, 6.45) is 3.22. The van der Waals surface area contributed by atoms with Gasteiger partial charge < -0.3 is 5.32 Å². The first-order chi connectivity index (χ1) is 10.1. The van der Waals surface area contributed by atoms with Gasteiger partial charge in [0.2, 0.25) is 5.91 Å². The SMILES string of the molecule is Cc1cc(C)c(C#N)c(SCC(=O)Nc2cccnc2)n1. The van der Waals surface area contributed by atoms with E-state index in [1.165, 1.54) is 11.8 Å². The molecule has 0 atom stereocenters. The molecule has 0 saturated heterocycles. The molecule has 6 heteroatoms. The second kappa shape index (κ2) is 6.86. The van der Waals surface area contributed by atoms with Crippen LogP contribution in [-0.2, 0) is 4.79 Å². The molecule has 2 aromatic rings. The number of anilines is 1. The Balaban J connectivity index is 2.03. The van der Waals surface area contributed by atoms with Crippen molar-refractivity contribution in [3.63, 3.8) is 0 Å². The highest BCUT2D eigenvalue weighted by molar-refractivity contribution is 8.00. The normalized spacial score (nSPS) is 9.95. The monoisotopic (exact) mass is 298 g/mol. The van der Waals surface area contributed by atoms with Gasteiger partial charge in [0.1, 0.15) is 11.1 Å². The quantitative estimate of drug-likeness (QED) is 0.878. The standard InChI is InChI=1S/C15H14N4OS/c1-10-6-11(2)18-15(13(10)7-16)21-9-14(20)19-12-4-3-5-17-8-12/h3-6,8H,9H2,1-2H3,(H,19,20). The van der Waals surface area contributed by atoms with E-state index in [1.807, 2.05) is 19.9 Å².